The third kappa shape index (κ3) is 4.71. The van der Waals surface area contributed by atoms with Crippen molar-refractivity contribution < 1.29 is 18.7 Å². The number of nitrogens with one attached hydrogen (secondary N) is 1. The van der Waals surface area contributed by atoms with Crippen molar-refractivity contribution in [2.24, 2.45) is 5.10 Å². The molecule has 1 saturated heterocycles. The van der Waals surface area contributed by atoms with Gasteiger partial charge in [-0.2, -0.15) is 5.10 Å². The summed E-state index contributed by atoms with van der Waals surface area (Å²) in [6.45, 7) is 4.73. The Balaban J connectivity index is 1.30. The van der Waals surface area contributed by atoms with E-state index in [1.54, 1.807) is 31.4 Å². The molecule has 0 bridgehead atoms. The highest BCUT2D eigenvalue weighted by Crippen LogP contribution is 2.31. The summed E-state index contributed by atoms with van der Waals surface area (Å²) in [5.74, 6) is 1.34. The van der Waals surface area contributed by atoms with Gasteiger partial charge in [-0.3, -0.25) is 9.59 Å². The van der Waals surface area contributed by atoms with Crippen molar-refractivity contribution in [3.8, 4) is 5.75 Å². The molecule has 2 heterocycles. The van der Waals surface area contributed by atoms with Gasteiger partial charge in [0.25, 0.3) is 11.8 Å². The molecule has 8 heteroatoms. The number of methoxy groups -OCH3 is 1. The molecule has 0 radical (unpaired) electrons. The Morgan fingerprint density at radius 1 is 1.00 bits per heavy atom. The summed E-state index contributed by atoms with van der Waals surface area (Å²) in [6, 6.07) is 17.2. The van der Waals surface area contributed by atoms with E-state index in [-0.39, 0.29) is 11.8 Å². The number of rotatable bonds is 5. The van der Waals surface area contributed by atoms with Gasteiger partial charge in [0.15, 0.2) is 5.76 Å². The van der Waals surface area contributed by atoms with E-state index in [1.807, 2.05) is 30.0 Å². The Labute approximate surface area is 210 Å². The van der Waals surface area contributed by atoms with E-state index in [4.69, 9.17) is 9.15 Å². The number of fused-ring (bicyclic) bond motifs is 1. The Morgan fingerprint density at radius 3 is 2.53 bits per heavy atom. The van der Waals surface area contributed by atoms with E-state index >= 15 is 0 Å². The van der Waals surface area contributed by atoms with E-state index < -0.39 is 0 Å². The quantitative estimate of drug-likeness (QED) is 0.551. The maximum absolute atomic E-state index is 13.4. The number of hydrogen-bond donors (Lipinski definition) is 1. The third-order valence-corrected chi connectivity index (χ3v) is 6.83. The van der Waals surface area contributed by atoms with Gasteiger partial charge in [0, 0.05) is 55.0 Å². The summed E-state index contributed by atoms with van der Waals surface area (Å²) in [6.07, 6.45) is 2.29. The molecule has 2 aromatic carbocycles. The summed E-state index contributed by atoms with van der Waals surface area (Å²) in [5, 5.41) is 4.43. The monoisotopic (exact) mass is 486 g/mol. The van der Waals surface area contributed by atoms with Gasteiger partial charge >= 0.3 is 0 Å². The van der Waals surface area contributed by atoms with Gasteiger partial charge in [-0.05, 0) is 50.1 Å². The van der Waals surface area contributed by atoms with Crippen LogP contribution in [0, 0.1) is 6.92 Å². The summed E-state index contributed by atoms with van der Waals surface area (Å²) in [4.78, 5) is 30.2. The fraction of sp³-hybridized carbons (Fsp3) is 0.321. The van der Waals surface area contributed by atoms with Crippen LogP contribution in [0.25, 0.3) is 0 Å². The summed E-state index contributed by atoms with van der Waals surface area (Å²) in [5.41, 5.74) is 6.67. The minimum Gasteiger partial charge on any atom is -0.497 e. The predicted octanol–water partition coefficient (Wildman–Crippen LogP) is 4.03. The minimum absolute atomic E-state index is 0.0885. The number of para-hydroxylation sites is 1. The first-order valence-electron chi connectivity index (χ1n) is 12.3. The molecule has 5 rings (SSSR count). The lowest BCUT2D eigenvalue weighted by Gasteiger charge is -2.35. The highest BCUT2D eigenvalue weighted by atomic mass is 16.5. The lowest BCUT2D eigenvalue weighted by Crippen LogP contribution is -2.48. The zero-order chi connectivity index (χ0) is 25.1. The largest absolute Gasteiger partial charge is 0.497 e. The molecule has 0 atom stereocenters. The van der Waals surface area contributed by atoms with Crippen molar-refractivity contribution in [3.05, 3.63) is 82.8 Å². The first kappa shape index (κ1) is 23.7. The molecule has 1 N–H and O–H groups in total. The zero-order valence-electron chi connectivity index (χ0n) is 20.6. The number of furan rings is 1. The van der Waals surface area contributed by atoms with Crippen LogP contribution in [0.4, 0.5) is 5.69 Å². The number of benzene rings is 2. The van der Waals surface area contributed by atoms with Gasteiger partial charge in [-0.25, -0.2) is 5.43 Å². The molecule has 3 aromatic rings. The van der Waals surface area contributed by atoms with Crippen LogP contribution in [-0.4, -0.2) is 55.7 Å². The molecule has 1 fully saturated rings. The molecule has 1 aliphatic heterocycles. The van der Waals surface area contributed by atoms with Crippen molar-refractivity contribution in [1.82, 2.24) is 10.3 Å². The molecule has 0 unspecified atom stereocenters. The fourth-order valence-electron chi connectivity index (χ4n) is 4.88. The normalized spacial score (nSPS) is 16.6. The van der Waals surface area contributed by atoms with Crippen LogP contribution < -0.4 is 15.1 Å². The van der Waals surface area contributed by atoms with Crippen LogP contribution in [0.15, 0.2) is 64.1 Å². The topological polar surface area (TPSA) is 87.4 Å². The van der Waals surface area contributed by atoms with Gasteiger partial charge in [0.1, 0.15) is 11.5 Å². The molecule has 1 aliphatic carbocycles. The Kier molecular flexibility index (Phi) is 6.75. The molecule has 2 amide bonds. The Morgan fingerprint density at radius 2 is 1.78 bits per heavy atom. The number of piperazine rings is 1. The van der Waals surface area contributed by atoms with Crippen LogP contribution >= 0.6 is 0 Å². The predicted molar refractivity (Wildman–Crippen MR) is 138 cm³/mol. The lowest BCUT2D eigenvalue weighted by atomic mass is 9.93. The number of aryl methyl sites for hydroxylation is 1. The molecule has 2 aliphatic rings. The smallest absolute Gasteiger partial charge is 0.289 e. The van der Waals surface area contributed by atoms with Crippen molar-refractivity contribution in [3.63, 3.8) is 0 Å². The molecular weight excluding hydrogens is 456 g/mol. The summed E-state index contributed by atoms with van der Waals surface area (Å²) < 4.78 is 11.3. The molecule has 186 valence electrons. The maximum Gasteiger partial charge on any atom is 0.289 e. The van der Waals surface area contributed by atoms with Crippen molar-refractivity contribution in [2.45, 2.75) is 26.2 Å². The molecule has 36 heavy (non-hydrogen) atoms. The second kappa shape index (κ2) is 10.3. The van der Waals surface area contributed by atoms with Gasteiger partial charge < -0.3 is 19.0 Å². The van der Waals surface area contributed by atoms with Crippen LogP contribution in [0.2, 0.25) is 0 Å². The van der Waals surface area contributed by atoms with E-state index in [2.05, 4.69) is 27.6 Å². The number of carbonyl (C=O) groups excluding carboxylic acids is 2. The standard InChI is InChI=1S/C28H30N4O4/c1-19-25-23(29-30-27(33)20-8-6-11-22(18-20)35-2)12-7-13-24(25)36-26(19)28(34)32-16-14-31(15-17-32)21-9-4-3-5-10-21/h3-6,8-11,18H,7,12-17H2,1-2H3,(H,30,33)/b29-23+. The van der Waals surface area contributed by atoms with Crippen molar-refractivity contribution >= 4 is 23.2 Å². The average molecular weight is 487 g/mol. The van der Waals surface area contributed by atoms with E-state index in [0.29, 0.717) is 36.6 Å². The zero-order valence-corrected chi connectivity index (χ0v) is 20.6. The second-order valence-electron chi connectivity index (χ2n) is 9.05. The summed E-state index contributed by atoms with van der Waals surface area (Å²) >= 11 is 0. The Bertz CT molecular complexity index is 1290. The van der Waals surface area contributed by atoms with Crippen molar-refractivity contribution in [2.75, 3.05) is 38.2 Å². The number of carbonyl (C=O) groups is 2. The summed E-state index contributed by atoms with van der Waals surface area (Å²) in [7, 11) is 1.56. The molecule has 0 spiro atoms. The lowest BCUT2D eigenvalue weighted by molar-refractivity contribution is 0.0711. The van der Waals surface area contributed by atoms with E-state index in [0.717, 1.165) is 48.5 Å². The third-order valence-electron chi connectivity index (χ3n) is 6.83. The maximum atomic E-state index is 13.4. The molecule has 1 aromatic heterocycles. The van der Waals surface area contributed by atoms with E-state index in [9.17, 15) is 9.59 Å². The van der Waals surface area contributed by atoms with Crippen LogP contribution in [0.3, 0.4) is 0 Å². The van der Waals surface area contributed by atoms with Crippen LogP contribution in [0.1, 0.15) is 50.6 Å². The van der Waals surface area contributed by atoms with E-state index in [1.165, 1.54) is 5.69 Å². The molecule has 8 nitrogen and oxygen atoms in total. The highest BCUT2D eigenvalue weighted by Gasteiger charge is 2.31. The highest BCUT2D eigenvalue weighted by molar-refractivity contribution is 6.07. The number of anilines is 1. The van der Waals surface area contributed by atoms with Gasteiger partial charge in [0.2, 0.25) is 0 Å². The van der Waals surface area contributed by atoms with Gasteiger partial charge in [-0.15, -0.1) is 0 Å². The number of nitrogens with zero attached hydrogens (tertiary/aromatic N) is 3. The van der Waals surface area contributed by atoms with Crippen LogP contribution in [0.5, 0.6) is 5.75 Å². The average Bonchev–Trinajstić information content (AvgIpc) is 3.28. The SMILES string of the molecule is COc1cccc(C(=O)N/N=C2\CCCc3oc(C(=O)N4CCN(c5ccccc5)CC4)c(C)c32)c1. The van der Waals surface area contributed by atoms with Gasteiger partial charge in [-0.1, -0.05) is 24.3 Å². The number of ether oxygens (including phenoxy) is 1. The second-order valence-corrected chi connectivity index (χ2v) is 9.05. The molecular formula is C28H30N4O4. The fourth-order valence-corrected chi connectivity index (χ4v) is 4.88. The minimum atomic E-state index is -0.317. The first-order chi connectivity index (χ1) is 17.5. The number of amides is 2. The number of hydrazone groups is 1. The van der Waals surface area contributed by atoms with Gasteiger partial charge in [0.05, 0.1) is 12.8 Å². The Hall–Kier alpha value is -4.07. The van der Waals surface area contributed by atoms with Crippen molar-refractivity contribution in [1.29, 1.82) is 0 Å². The number of hydrogen-bond acceptors (Lipinski definition) is 6. The molecule has 0 saturated carbocycles. The first-order valence-corrected chi connectivity index (χ1v) is 12.3. The van der Waals surface area contributed by atoms with Crippen LogP contribution in [-0.2, 0) is 6.42 Å².